The normalized spacial score (nSPS) is 18.9. The molecule has 0 spiro atoms. The van der Waals surface area contributed by atoms with Gasteiger partial charge in [0.2, 0.25) is 0 Å². The Hall–Kier alpha value is -2.13. The molecule has 0 aliphatic carbocycles. The van der Waals surface area contributed by atoms with Crippen molar-refractivity contribution >= 4 is 16.9 Å². The number of rotatable bonds is 4. The highest BCUT2D eigenvalue weighted by Crippen LogP contribution is 2.26. The van der Waals surface area contributed by atoms with Gasteiger partial charge in [-0.3, -0.25) is 0 Å². The molecule has 20 heavy (non-hydrogen) atoms. The minimum atomic E-state index is 0.493. The van der Waals surface area contributed by atoms with Crippen LogP contribution in [0.4, 0.5) is 5.82 Å². The third-order valence-corrected chi connectivity index (χ3v) is 4.00. The quantitative estimate of drug-likeness (QED) is 0.908. The molecule has 1 fully saturated rings. The maximum Gasteiger partial charge on any atom is 0.142 e. The van der Waals surface area contributed by atoms with Gasteiger partial charge in [-0.1, -0.05) is 0 Å². The van der Waals surface area contributed by atoms with Gasteiger partial charge in [0.15, 0.2) is 0 Å². The molecule has 0 unspecified atom stereocenters. The Labute approximate surface area is 118 Å². The predicted molar refractivity (Wildman–Crippen MR) is 77.4 cm³/mol. The Morgan fingerprint density at radius 1 is 1.55 bits per heavy atom. The Balaban J connectivity index is 1.74. The number of nitriles is 1. The highest BCUT2D eigenvalue weighted by Gasteiger charge is 2.27. The van der Waals surface area contributed by atoms with E-state index in [1.54, 1.807) is 6.33 Å². The van der Waals surface area contributed by atoms with Crippen LogP contribution < -0.4 is 4.90 Å². The molecule has 1 N–H and O–H groups in total. The van der Waals surface area contributed by atoms with Gasteiger partial charge in [0.25, 0.3) is 0 Å². The first-order chi connectivity index (χ1) is 9.79. The summed E-state index contributed by atoms with van der Waals surface area (Å²) in [5.41, 5.74) is 0.885. The average Bonchev–Trinajstić information content (AvgIpc) is 3.12. The molecule has 104 valence electrons. The van der Waals surface area contributed by atoms with Crippen molar-refractivity contribution in [2.24, 2.45) is 0 Å². The molecule has 0 radical (unpaired) electrons. The summed E-state index contributed by atoms with van der Waals surface area (Å²) < 4.78 is 0. The fraction of sp³-hybridized carbons (Fsp3) is 0.500. The van der Waals surface area contributed by atoms with Gasteiger partial charge in [0, 0.05) is 38.3 Å². The predicted octanol–water partition coefficient (Wildman–Crippen LogP) is 1.38. The van der Waals surface area contributed by atoms with Crippen molar-refractivity contribution in [2.45, 2.75) is 18.9 Å². The van der Waals surface area contributed by atoms with Crippen molar-refractivity contribution in [1.82, 2.24) is 19.9 Å². The van der Waals surface area contributed by atoms with E-state index in [4.69, 9.17) is 5.26 Å². The lowest BCUT2D eigenvalue weighted by Gasteiger charge is -2.24. The van der Waals surface area contributed by atoms with E-state index in [-0.39, 0.29) is 0 Å². The van der Waals surface area contributed by atoms with Gasteiger partial charge in [-0.15, -0.1) is 0 Å². The highest BCUT2D eigenvalue weighted by atomic mass is 15.3. The van der Waals surface area contributed by atoms with Gasteiger partial charge in [-0.25, -0.2) is 9.97 Å². The monoisotopic (exact) mass is 270 g/mol. The Bertz CT molecular complexity index is 628. The van der Waals surface area contributed by atoms with E-state index in [1.165, 1.54) is 0 Å². The van der Waals surface area contributed by atoms with Crippen LogP contribution in [0.2, 0.25) is 0 Å². The zero-order valence-electron chi connectivity index (χ0n) is 11.6. The van der Waals surface area contributed by atoms with Gasteiger partial charge in [0.1, 0.15) is 17.8 Å². The molecule has 3 heterocycles. The molecule has 1 atom stereocenters. The van der Waals surface area contributed by atoms with Gasteiger partial charge >= 0.3 is 0 Å². The minimum Gasteiger partial charge on any atom is -0.354 e. The summed E-state index contributed by atoms with van der Waals surface area (Å²) in [5, 5.41) is 9.75. The van der Waals surface area contributed by atoms with Gasteiger partial charge in [-0.2, -0.15) is 5.26 Å². The molecule has 2 aromatic heterocycles. The van der Waals surface area contributed by atoms with Crippen LogP contribution in [-0.4, -0.2) is 52.6 Å². The van der Waals surface area contributed by atoms with Crippen LogP contribution in [-0.2, 0) is 0 Å². The summed E-state index contributed by atoms with van der Waals surface area (Å²) in [5.74, 6) is 1.01. The van der Waals surface area contributed by atoms with Crippen molar-refractivity contribution in [3.63, 3.8) is 0 Å². The molecule has 1 aliphatic heterocycles. The average molecular weight is 270 g/mol. The number of fused-ring (bicyclic) bond motifs is 1. The second kappa shape index (κ2) is 5.47. The Kier molecular flexibility index (Phi) is 3.52. The van der Waals surface area contributed by atoms with Crippen LogP contribution in [0.1, 0.15) is 12.8 Å². The standard InChI is InChI=1S/C14H18N6/c1-19(7-2-5-15)11-4-8-20(9-11)14-12-3-6-16-13(12)17-10-18-14/h3,6,10-11H,2,4,7-9H2,1H3,(H,16,17,18)/t11-/m1/s1. The van der Waals surface area contributed by atoms with Crippen molar-refractivity contribution in [3.8, 4) is 6.07 Å². The van der Waals surface area contributed by atoms with Crippen molar-refractivity contribution in [1.29, 1.82) is 5.26 Å². The summed E-state index contributed by atoms with van der Waals surface area (Å²) in [6, 6.07) is 4.72. The van der Waals surface area contributed by atoms with Crippen LogP contribution in [0, 0.1) is 11.3 Å². The highest BCUT2D eigenvalue weighted by molar-refractivity contribution is 5.87. The van der Waals surface area contributed by atoms with Crippen molar-refractivity contribution in [2.75, 3.05) is 31.6 Å². The number of likely N-dealkylation sites (N-methyl/N-ethyl adjacent to an activating group) is 1. The number of hydrogen-bond acceptors (Lipinski definition) is 5. The van der Waals surface area contributed by atoms with E-state index >= 15 is 0 Å². The molecule has 1 saturated heterocycles. The Morgan fingerprint density at radius 3 is 3.30 bits per heavy atom. The smallest absolute Gasteiger partial charge is 0.142 e. The summed E-state index contributed by atoms with van der Waals surface area (Å²) in [6.45, 7) is 2.79. The lowest BCUT2D eigenvalue weighted by Crippen LogP contribution is -2.35. The van der Waals surface area contributed by atoms with E-state index in [1.807, 2.05) is 12.3 Å². The number of aromatic nitrogens is 3. The maximum absolute atomic E-state index is 8.68. The first kappa shape index (κ1) is 12.9. The fourth-order valence-corrected chi connectivity index (χ4v) is 2.81. The van der Waals surface area contributed by atoms with Crippen LogP contribution in [0.25, 0.3) is 11.0 Å². The van der Waals surface area contributed by atoms with Crippen molar-refractivity contribution < 1.29 is 0 Å². The number of nitrogens with one attached hydrogen (secondary N) is 1. The number of hydrogen-bond donors (Lipinski definition) is 1. The summed E-state index contributed by atoms with van der Waals surface area (Å²) in [7, 11) is 2.09. The van der Waals surface area contributed by atoms with E-state index in [9.17, 15) is 0 Å². The zero-order chi connectivity index (χ0) is 13.9. The van der Waals surface area contributed by atoms with E-state index < -0.39 is 0 Å². The lowest BCUT2D eigenvalue weighted by molar-refractivity contribution is 0.264. The number of H-pyrrole nitrogens is 1. The molecule has 0 amide bonds. The number of anilines is 1. The second-order valence-corrected chi connectivity index (χ2v) is 5.21. The van der Waals surface area contributed by atoms with E-state index in [2.05, 4.69) is 37.9 Å². The summed E-state index contributed by atoms with van der Waals surface area (Å²) >= 11 is 0. The number of aromatic amines is 1. The topological polar surface area (TPSA) is 71.8 Å². The number of nitrogens with zero attached hydrogens (tertiary/aromatic N) is 5. The molecule has 2 aromatic rings. The lowest BCUT2D eigenvalue weighted by atomic mass is 10.2. The third-order valence-electron chi connectivity index (χ3n) is 4.00. The van der Waals surface area contributed by atoms with Crippen LogP contribution in [0.3, 0.4) is 0 Å². The first-order valence-electron chi connectivity index (χ1n) is 6.90. The van der Waals surface area contributed by atoms with E-state index in [0.29, 0.717) is 12.5 Å². The molecule has 6 nitrogen and oxygen atoms in total. The van der Waals surface area contributed by atoms with Gasteiger partial charge in [-0.05, 0) is 19.5 Å². The van der Waals surface area contributed by atoms with Gasteiger partial charge < -0.3 is 14.8 Å². The van der Waals surface area contributed by atoms with Crippen molar-refractivity contribution in [3.05, 3.63) is 18.6 Å². The summed E-state index contributed by atoms with van der Waals surface area (Å²) in [6.07, 6.45) is 5.21. The molecular formula is C14H18N6. The molecule has 0 bridgehead atoms. The van der Waals surface area contributed by atoms with E-state index in [0.717, 1.165) is 42.9 Å². The summed E-state index contributed by atoms with van der Waals surface area (Å²) in [4.78, 5) is 16.4. The maximum atomic E-state index is 8.68. The third kappa shape index (κ3) is 2.32. The van der Waals surface area contributed by atoms with Crippen LogP contribution in [0.15, 0.2) is 18.6 Å². The molecule has 3 rings (SSSR count). The molecule has 0 saturated carbocycles. The second-order valence-electron chi connectivity index (χ2n) is 5.21. The SMILES string of the molecule is CN(CCC#N)[C@@H]1CCN(c2ncnc3[nH]ccc23)C1. The minimum absolute atomic E-state index is 0.493. The largest absolute Gasteiger partial charge is 0.354 e. The van der Waals surface area contributed by atoms with Crippen LogP contribution in [0.5, 0.6) is 0 Å². The fourth-order valence-electron chi connectivity index (χ4n) is 2.81. The molecule has 1 aliphatic rings. The molecule has 0 aromatic carbocycles. The first-order valence-corrected chi connectivity index (χ1v) is 6.90. The zero-order valence-corrected chi connectivity index (χ0v) is 11.6. The van der Waals surface area contributed by atoms with Gasteiger partial charge in [0.05, 0.1) is 11.5 Å². The molecule has 6 heteroatoms. The van der Waals surface area contributed by atoms with Crippen LogP contribution >= 0.6 is 0 Å². The Morgan fingerprint density at radius 2 is 2.45 bits per heavy atom. The molecular weight excluding hydrogens is 252 g/mol.